The number of anilines is 1. The molecule has 0 fully saturated rings. The second kappa shape index (κ2) is 5.21. The molecule has 3 nitrogen and oxygen atoms in total. The largest absolute Gasteiger partial charge is 0.383 e. The van der Waals surface area contributed by atoms with Gasteiger partial charge in [-0.2, -0.15) is 0 Å². The van der Waals surface area contributed by atoms with Crippen molar-refractivity contribution in [3.63, 3.8) is 0 Å². The van der Waals surface area contributed by atoms with Crippen LogP contribution in [-0.2, 0) is 13.0 Å². The molecule has 0 aliphatic rings. The number of imidazole rings is 1. The molecule has 0 bridgehead atoms. The first-order valence-corrected chi connectivity index (χ1v) is 6.65. The van der Waals surface area contributed by atoms with Crippen molar-refractivity contribution >= 4 is 29.0 Å². The van der Waals surface area contributed by atoms with Gasteiger partial charge >= 0.3 is 0 Å². The molecule has 0 amide bonds. The van der Waals surface area contributed by atoms with E-state index in [4.69, 9.17) is 28.9 Å². The van der Waals surface area contributed by atoms with Crippen molar-refractivity contribution in [2.75, 3.05) is 5.73 Å². The van der Waals surface area contributed by atoms with Gasteiger partial charge in [0.1, 0.15) is 17.3 Å². The number of nitrogens with two attached hydrogens (primary N) is 1. The van der Waals surface area contributed by atoms with Gasteiger partial charge in [-0.3, -0.25) is 0 Å². The Labute approximate surface area is 117 Å². The highest BCUT2D eigenvalue weighted by Gasteiger charge is 2.17. The van der Waals surface area contributed by atoms with Crippen LogP contribution in [0.25, 0.3) is 11.3 Å². The minimum Gasteiger partial charge on any atom is -0.383 e. The number of aryl methyl sites for hydroxylation is 1. The molecule has 2 aromatic rings. The normalized spacial score (nSPS) is 10.9. The summed E-state index contributed by atoms with van der Waals surface area (Å²) in [6.45, 7) is 4.89. The maximum absolute atomic E-state index is 6.21. The van der Waals surface area contributed by atoms with Crippen molar-refractivity contribution in [1.29, 1.82) is 0 Å². The van der Waals surface area contributed by atoms with Crippen LogP contribution in [-0.4, -0.2) is 9.55 Å². The summed E-state index contributed by atoms with van der Waals surface area (Å²) in [5, 5.41) is 1.01. The molecule has 0 atom stereocenters. The second-order valence-corrected chi connectivity index (χ2v) is 4.75. The van der Waals surface area contributed by atoms with E-state index in [9.17, 15) is 0 Å². The average molecular weight is 284 g/mol. The number of hydrogen-bond acceptors (Lipinski definition) is 2. The predicted octanol–water partition coefficient (Wildman–Crippen LogP) is 4.02. The van der Waals surface area contributed by atoms with E-state index in [-0.39, 0.29) is 0 Å². The van der Waals surface area contributed by atoms with Crippen molar-refractivity contribution in [2.24, 2.45) is 0 Å². The van der Waals surface area contributed by atoms with Gasteiger partial charge in [0, 0.05) is 18.5 Å². The van der Waals surface area contributed by atoms with Gasteiger partial charge in [0.05, 0.1) is 10.0 Å². The predicted molar refractivity (Wildman–Crippen MR) is 77.1 cm³/mol. The summed E-state index contributed by atoms with van der Waals surface area (Å²) < 4.78 is 1.99. The third-order valence-corrected chi connectivity index (χ3v) is 3.74. The standard InChI is InChI=1S/C13H15Cl2N3/c1-3-10-17-12(13(16)18(10)4-2)8-6-5-7-9(14)11(8)15/h5-7H,3-4,16H2,1-2H3. The van der Waals surface area contributed by atoms with Gasteiger partial charge in [-0.1, -0.05) is 42.3 Å². The summed E-state index contributed by atoms with van der Waals surface area (Å²) in [7, 11) is 0. The van der Waals surface area contributed by atoms with Crippen molar-refractivity contribution in [1.82, 2.24) is 9.55 Å². The van der Waals surface area contributed by atoms with Crippen LogP contribution in [0.3, 0.4) is 0 Å². The Morgan fingerprint density at radius 3 is 2.56 bits per heavy atom. The topological polar surface area (TPSA) is 43.8 Å². The molecule has 18 heavy (non-hydrogen) atoms. The van der Waals surface area contributed by atoms with E-state index in [0.29, 0.717) is 21.6 Å². The van der Waals surface area contributed by atoms with Crippen molar-refractivity contribution in [3.8, 4) is 11.3 Å². The Bertz CT molecular complexity index is 576. The molecule has 0 saturated carbocycles. The first-order chi connectivity index (χ1) is 8.60. The van der Waals surface area contributed by atoms with Crippen LogP contribution in [0.15, 0.2) is 18.2 Å². The zero-order chi connectivity index (χ0) is 13.3. The van der Waals surface area contributed by atoms with Crippen molar-refractivity contribution < 1.29 is 0 Å². The van der Waals surface area contributed by atoms with E-state index in [1.165, 1.54) is 0 Å². The van der Waals surface area contributed by atoms with Crippen LogP contribution in [0.2, 0.25) is 10.0 Å². The first-order valence-electron chi connectivity index (χ1n) is 5.89. The van der Waals surface area contributed by atoms with Gasteiger partial charge in [-0.15, -0.1) is 0 Å². The lowest BCUT2D eigenvalue weighted by molar-refractivity contribution is 0.713. The Kier molecular flexibility index (Phi) is 3.83. The van der Waals surface area contributed by atoms with E-state index < -0.39 is 0 Å². The van der Waals surface area contributed by atoms with Crippen molar-refractivity contribution in [2.45, 2.75) is 26.8 Å². The van der Waals surface area contributed by atoms with E-state index in [2.05, 4.69) is 11.9 Å². The highest BCUT2D eigenvalue weighted by atomic mass is 35.5. The molecule has 96 valence electrons. The van der Waals surface area contributed by atoms with Gasteiger partial charge in [0.15, 0.2) is 0 Å². The molecule has 2 N–H and O–H groups in total. The summed E-state index contributed by atoms with van der Waals surface area (Å²) in [4.78, 5) is 4.57. The molecule has 0 aliphatic carbocycles. The Hall–Kier alpha value is -1.19. The molecular weight excluding hydrogens is 269 g/mol. The van der Waals surface area contributed by atoms with E-state index in [1.54, 1.807) is 6.07 Å². The smallest absolute Gasteiger partial charge is 0.131 e. The van der Waals surface area contributed by atoms with Gasteiger partial charge in [0.25, 0.3) is 0 Å². The van der Waals surface area contributed by atoms with Crippen molar-refractivity contribution in [3.05, 3.63) is 34.1 Å². The van der Waals surface area contributed by atoms with Gasteiger partial charge in [0.2, 0.25) is 0 Å². The van der Waals surface area contributed by atoms with Gasteiger partial charge in [-0.25, -0.2) is 4.98 Å². The molecule has 0 radical (unpaired) electrons. The molecule has 0 spiro atoms. The molecule has 0 aliphatic heterocycles. The molecule has 1 heterocycles. The highest BCUT2D eigenvalue weighted by molar-refractivity contribution is 6.43. The molecular formula is C13H15Cl2N3. The third-order valence-electron chi connectivity index (χ3n) is 2.93. The van der Waals surface area contributed by atoms with Gasteiger partial charge < -0.3 is 10.3 Å². The SMILES string of the molecule is CCc1nc(-c2cccc(Cl)c2Cl)c(N)n1CC. The maximum Gasteiger partial charge on any atom is 0.131 e. The number of rotatable bonds is 3. The van der Waals surface area contributed by atoms with Crippen LogP contribution in [0.4, 0.5) is 5.82 Å². The number of benzene rings is 1. The summed E-state index contributed by atoms with van der Waals surface area (Å²) in [5.41, 5.74) is 7.63. The van der Waals surface area contributed by atoms with Crippen LogP contribution < -0.4 is 5.73 Å². The van der Waals surface area contributed by atoms with E-state index in [1.807, 2.05) is 23.6 Å². The zero-order valence-electron chi connectivity index (χ0n) is 10.4. The lowest BCUT2D eigenvalue weighted by Crippen LogP contribution is -2.04. The number of nitrogen functional groups attached to an aromatic ring is 1. The highest BCUT2D eigenvalue weighted by Crippen LogP contribution is 2.36. The third kappa shape index (κ3) is 2.08. The first kappa shape index (κ1) is 13.2. The fourth-order valence-electron chi connectivity index (χ4n) is 2.02. The molecule has 2 rings (SSSR count). The fraction of sp³-hybridized carbons (Fsp3) is 0.308. The molecule has 0 unspecified atom stereocenters. The molecule has 0 saturated heterocycles. The van der Waals surface area contributed by atoms with Crippen LogP contribution in [0, 0.1) is 0 Å². The molecule has 1 aromatic carbocycles. The van der Waals surface area contributed by atoms with Crippen LogP contribution in [0.5, 0.6) is 0 Å². The maximum atomic E-state index is 6.21. The summed E-state index contributed by atoms with van der Waals surface area (Å²) in [6.07, 6.45) is 0.830. The Morgan fingerprint density at radius 2 is 2.00 bits per heavy atom. The molecule has 1 aromatic heterocycles. The van der Waals surface area contributed by atoms with Crippen LogP contribution in [0.1, 0.15) is 19.7 Å². The monoisotopic (exact) mass is 283 g/mol. The number of aromatic nitrogens is 2. The lowest BCUT2D eigenvalue weighted by Gasteiger charge is -2.06. The summed E-state index contributed by atoms with van der Waals surface area (Å²) in [5.74, 6) is 1.60. The quantitative estimate of drug-likeness (QED) is 0.925. The van der Waals surface area contributed by atoms with Crippen LogP contribution >= 0.6 is 23.2 Å². The summed E-state index contributed by atoms with van der Waals surface area (Å²) >= 11 is 12.2. The lowest BCUT2D eigenvalue weighted by atomic mass is 10.1. The summed E-state index contributed by atoms with van der Waals surface area (Å²) in [6, 6.07) is 5.48. The second-order valence-electron chi connectivity index (χ2n) is 3.96. The Morgan fingerprint density at radius 1 is 1.28 bits per heavy atom. The van der Waals surface area contributed by atoms with Gasteiger partial charge in [-0.05, 0) is 13.0 Å². The minimum atomic E-state index is 0.495. The Balaban J connectivity index is 2.64. The number of halogens is 2. The fourth-order valence-corrected chi connectivity index (χ4v) is 2.41. The zero-order valence-corrected chi connectivity index (χ0v) is 11.9. The number of hydrogen-bond donors (Lipinski definition) is 1. The van der Waals surface area contributed by atoms with E-state index >= 15 is 0 Å². The van der Waals surface area contributed by atoms with E-state index in [0.717, 1.165) is 24.4 Å². The minimum absolute atomic E-state index is 0.495. The average Bonchev–Trinajstić information content (AvgIpc) is 2.69. The molecule has 5 heteroatoms. The number of nitrogens with zero attached hydrogens (tertiary/aromatic N) is 2.